The Morgan fingerprint density at radius 2 is 1.90 bits per heavy atom. The molecule has 1 aliphatic heterocycles. The Morgan fingerprint density at radius 3 is 2.62 bits per heavy atom. The molecule has 2 aromatic carbocycles. The lowest BCUT2D eigenvalue weighted by atomic mass is 9.96. The summed E-state index contributed by atoms with van der Waals surface area (Å²) in [5.41, 5.74) is 3.26. The van der Waals surface area contributed by atoms with E-state index < -0.39 is 5.97 Å². The van der Waals surface area contributed by atoms with E-state index in [1.165, 1.54) is 0 Å². The second-order valence-electron chi connectivity index (χ2n) is 7.54. The first-order valence-corrected chi connectivity index (χ1v) is 9.90. The Hall–Kier alpha value is -3.15. The Balaban J connectivity index is 1.61. The summed E-state index contributed by atoms with van der Waals surface area (Å²) in [7, 11) is 0. The number of carbonyl (C=O) groups excluding carboxylic acids is 2. The van der Waals surface area contributed by atoms with E-state index in [2.05, 4.69) is 5.32 Å². The molecule has 2 aromatic rings. The number of piperidine rings is 1. The van der Waals surface area contributed by atoms with Crippen LogP contribution >= 0.6 is 0 Å². The number of benzene rings is 2. The zero-order valence-electron chi connectivity index (χ0n) is 16.6. The van der Waals surface area contributed by atoms with E-state index in [4.69, 9.17) is 5.11 Å². The third-order valence-electron chi connectivity index (χ3n) is 5.20. The lowest BCUT2D eigenvalue weighted by Gasteiger charge is -2.32. The number of anilines is 1. The lowest BCUT2D eigenvalue weighted by Crippen LogP contribution is -2.43. The monoisotopic (exact) mass is 394 g/mol. The van der Waals surface area contributed by atoms with Crippen molar-refractivity contribution in [1.82, 2.24) is 4.90 Å². The molecule has 1 saturated heterocycles. The van der Waals surface area contributed by atoms with Crippen molar-refractivity contribution in [3.63, 3.8) is 0 Å². The van der Waals surface area contributed by atoms with Crippen molar-refractivity contribution < 1.29 is 19.5 Å². The second kappa shape index (κ2) is 9.37. The number of nitrogens with zero attached hydrogens (tertiary/aromatic N) is 1. The summed E-state index contributed by atoms with van der Waals surface area (Å²) >= 11 is 0. The lowest BCUT2D eigenvalue weighted by molar-refractivity contribution is -0.137. The SMILES string of the molecule is Cc1ccc(C(=O)N2CCCC(C(=O)Nc3cccc(CCC(=O)O)c3)C2)cc1. The predicted octanol–water partition coefficient (Wildman–Crippen LogP) is 3.50. The summed E-state index contributed by atoms with van der Waals surface area (Å²) in [6.07, 6.45) is 1.99. The van der Waals surface area contributed by atoms with Crippen molar-refractivity contribution in [1.29, 1.82) is 0 Å². The van der Waals surface area contributed by atoms with E-state index in [0.29, 0.717) is 30.8 Å². The number of hydrogen-bond acceptors (Lipinski definition) is 3. The molecule has 152 valence electrons. The normalized spacial score (nSPS) is 16.3. The molecule has 0 aromatic heterocycles. The number of likely N-dealkylation sites (tertiary alicyclic amines) is 1. The smallest absolute Gasteiger partial charge is 0.303 e. The average Bonchev–Trinajstić information content (AvgIpc) is 2.72. The predicted molar refractivity (Wildman–Crippen MR) is 111 cm³/mol. The third-order valence-corrected chi connectivity index (χ3v) is 5.20. The Morgan fingerprint density at radius 1 is 1.14 bits per heavy atom. The van der Waals surface area contributed by atoms with Crippen LogP contribution in [0.25, 0.3) is 0 Å². The Kier molecular flexibility index (Phi) is 6.65. The zero-order valence-corrected chi connectivity index (χ0v) is 16.6. The van der Waals surface area contributed by atoms with Gasteiger partial charge in [0.2, 0.25) is 5.91 Å². The highest BCUT2D eigenvalue weighted by molar-refractivity contribution is 5.96. The van der Waals surface area contributed by atoms with Crippen LogP contribution in [0.3, 0.4) is 0 Å². The summed E-state index contributed by atoms with van der Waals surface area (Å²) in [5.74, 6) is -1.26. The first-order chi connectivity index (χ1) is 13.9. The number of nitrogens with one attached hydrogen (secondary N) is 1. The summed E-state index contributed by atoms with van der Waals surface area (Å²) in [5, 5.41) is 11.7. The van der Waals surface area contributed by atoms with Gasteiger partial charge in [-0.3, -0.25) is 14.4 Å². The van der Waals surface area contributed by atoms with Gasteiger partial charge in [-0.25, -0.2) is 0 Å². The van der Waals surface area contributed by atoms with Crippen LogP contribution in [0.2, 0.25) is 0 Å². The van der Waals surface area contributed by atoms with Crippen molar-refractivity contribution in [2.24, 2.45) is 5.92 Å². The number of rotatable bonds is 6. The zero-order chi connectivity index (χ0) is 20.8. The maximum Gasteiger partial charge on any atom is 0.303 e. The Labute approximate surface area is 170 Å². The van der Waals surface area contributed by atoms with E-state index in [0.717, 1.165) is 24.0 Å². The maximum absolute atomic E-state index is 12.8. The van der Waals surface area contributed by atoms with E-state index in [1.807, 2.05) is 37.3 Å². The molecule has 1 aliphatic rings. The molecule has 6 heteroatoms. The highest BCUT2D eigenvalue weighted by Gasteiger charge is 2.29. The van der Waals surface area contributed by atoms with Gasteiger partial charge in [0.1, 0.15) is 0 Å². The Bertz CT molecular complexity index is 892. The molecule has 6 nitrogen and oxygen atoms in total. The molecule has 3 rings (SSSR count). The molecule has 2 amide bonds. The molecule has 29 heavy (non-hydrogen) atoms. The van der Waals surface area contributed by atoms with Gasteiger partial charge in [-0.1, -0.05) is 29.8 Å². The van der Waals surface area contributed by atoms with Crippen molar-refractivity contribution in [3.8, 4) is 0 Å². The molecule has 0 bridgehead atoms. The van der Waals surface area contributed by atoms with Crippen LogP contribution in [0.1, 0.15) is 40.7 Å². The van der Waals surface area contributed by atoms with Gasteiger partial charge in [-0.15, -0.1) is 0 Å². The minimum atomic E-state index is -0.847. The molecule has 0 saturated carbocycles. The van der Waals surface area contributed by atoms with Gasteiger partial charge in [-0.05, 0) is 56.0 Å². The highest BCUT2D eigenvalue weighted by Crippen LogP contribution is 2.21. The number of aryl methyl sites for hydroxylation is 2. The second-order valence-corrected chi connectivity index (χ2v) is 7.54. The molecule has 1 fully saturated rings. The summed E-state index contributed by atoms with van der Waals surface area (Å²) in [6, 6.07) is 14.7. The van der Waals surface area contributed by atoms with Crippen LogP contribution in [0.15, 0.2) is 48.5 Å². The van der Waals surface area contributed by atoms with Crippen LogP contribution in [0.5, 0.6) is 0 Å². The van der Waals surface area contributed by atoms with Crippen molar-refractivity contribution in [3.05, 3.63) is 65.2 Å². The van der Waals surface area contributed by atoms with Gasteiger partial charge in [0, 0.05) is 30.8 Å². The number of aliphatic carboxylic acids is 1. The summed E-state index contributed by atoms with van der Waals surface area (Å²) in [6.45, 7) is 3.03. The number of carboxylic acids is 1. The number of carbonyl (C=O) groups is 3. The fraction of sp³-hybridized carbons (Fsp3) is 0.348. The van der Waals surface area contributed by atoms with Crippen LogP contribution in [-0.2, 0) is 16.0 Å². The molecule has 1 atom stereocenters. The molecule has 1 heterocycles. The first-order valence-electron chi connectivity index (χ1n) is 9.90. The fourth-order valence-corrected chi connectivity index (χ4v) is 3.55. The van der Waals surface area contributed by atoms with Crippen LogP contribution in [0.4, 0.5) is 5.69 Å². The van der Waals surface area contributed by atoms with Crippen LogP contribution < -0.4 is 5.32 Å². The third kappa shape index (κ3) is 5.67. The van der Waals surface area contributed by atoms with E-state index in [1.54, 1.807) is 23.1 Å². The maximum atomic E-state index is 12.8. The molecular weight excluding hydrogens is 368 g/mol. The van der Waals surface area contributed by atoms with Crippen LogP contribution in [-0.4, -0.2) is 40.9 Å². The van der Waals surface area contributed by atoms with E-state index in [9.17, 15) is 14.4 Å². The van der Waals surface area contributed by atoms with Crippen LogP contribution in [0, 0.1) is 12.8 Å². The van der Waals surface area contributed by atoms with Crippen molar-refractivity contribution in [2.75, 3.05) is 18.4 Å². The van der Waals surface area contributed by atoms with Gasteiger partial charge in [0.15, 0.2) is 0 Å². The van der Waals surface area contributed by atoms with E-state index in [-0.39, 0.29) is 24.2 Å². The van der Waals surface area contributed by atoms with Gasteiger partial charge in [0.05, 0.1) is 5.92 Å². The largest absolute Gasteiger partial charge is 0.481 e. The molecule has 0 aliphatic carbocycles. The molecule has 0 spiro atoms. The van der Waals surface area contributed by atoms with Gasteiger partial charge < -0.3 is 15.3 Å². The topological polar surface area (TPSA) is 86.7 Å². The number of carboxylic acid groups (broad SMARTS) is 1. The van der Waals surface area contributed by atoms with Crippen molar-refractivity contribution in [2.45, 2.75) is 32.6 Å². The number of hydrogen-bond donors (Lipinski definition) is 2. The average molecular weight is 394 g/mol. The molecular formula is C23H26N2O4. The summed E-state index contributed by atoms with van der Waals surface area (Å²) in [4.78, 5) is 38.0. The fourth-order valence-electron chi connectivity index (χ4n) is 3.55. The quantitative estimate of drug-likeness (QED) is 0.785. The highest BCUT2D eigenvalue weighted by atomic mass is 16.4. The van der Waals surface area contributed by atoms with Gasteiger partial charge >= 0.3 is 5.97 Å². The minimum absolute atomic E-state index is 0.0434. The van der Waals surface area contributed by atoms with Crippen molar-refractivity contribution >= 4 is 23.5 Å². The minimum Gasteiger partial charge on any atom is -0.481 e. The summed E-state index contributed by atoms with van der Waals surface area (Å²) < 4.78 is 0. The molecule has 2 N–H and O–H groups in total. The van der Waals surface area contributed by atoms with Gasteiger partial charge in [-0.2, -0.15) is 0 Å². The standard InChI is InChI=1S/C23H26N2O4/c1-16-7-10-18(11-8-16)23(29)25-13-3-5-19(15-25)22(28)24-20-6-2-4-17(14-20)9-12-21(26)27/h2,4,6-8,10-11,14,19H,3,5,9,12-13,15H2,1H3,(H,24,28)(H,26,27). The van der Waals surface area contributed by atoms with Gasteiger partial charge in [0.25, 0.3) is 5.91 Å². The molecule has 0 radical (unpaired) electrons. The number of amides is 2. The first kappa shape index (κ1) is 20.6. The van der Waals surface area contributed by atoms with E-state index >= 15 is 0 Å². The molecule has 1 unspecified atom stereocenters.